The van der Waals surface area contributed by atoms with E-state index < -0.39 is 47.0 Å². The molecular weight excluding hydrogens is 259 g/mol. The molecule has 0 amide bonds. The van der Waals surface area contributed by atoms with Gasteiger partial charge in [0, 0.05) is 6.42 Å². The molecule has 0 aromatic heterocycles. The van der Waals surface area contributed by atoms with Crippen molar-refractivity contribution in [2.75, 3.05) is 0 Å². The molecule has 0 heterocycles. The van der Waals surface area contributed by atoms with Crippen LogP contribution in [-0.2, 0) is 0 Å². The highest BCUT2D eigenvalue weighted by Crippen LogP contribution is 2.32. The Hall–Kier alpha value is -1.37. The Morgan fingerprint density at radius 1 is 0.833 bits per heavy atom. The van der Waals surface area contributed by atoms with E-state index in [1.54, 1.807) is 0 Å². The van der Waals surface area contributed by atoms with Crippen molar-refractivity contribution in [3.05, 3.63) is 29.1 Å². The third kappa shape index (κ3) is 2.14. The molecule has 0 bridgehead atoms. The van der Waals surface area contributed by atoms with E-state index in [1.807, 2.05) is 0 Å². The summed E-state index contributed by atoms with van der Waals surface area (Å²) >= 11 is 0. The minimum Gasteiger partial charge on any atom is -0.484 e. The van der Waals surface area contributed by atoms with Crippen molar-refractivity contribution in [1.29, 1.82) is 0 Å². The monoisotopic (exact) mass is 268 g/mol. The fourth-order valence-corrected chi connectivity index (χ4v) is 1.88. The second-order valence-corrected chi connectivity index (χ2v) is 4.11. The molecule has 2 nitrogen and oxygen atoms in total. The summed E-state index contributed by atoms with van der Waals surface area (Å²) in [6.07, 6.45) is -0.690. The van der Waals surface area contributed by atoms with Crippen molar-refractivity contribution in [3.8, 4) is 5.75 Å². The molecule has 1 aromatic carbocycles. The SMILES string of the molecule is OC1CCC(Oc2c(F)c(F)c(F)c(F)c2F)C1. The Labute approximate surface area is 99.0 Å². The van der Waals surface area contributed by atoms with Gasteiger partial charge >= 0.3 is 0 Å². The molecule has 2 atom stereocenters. The van der Waals surface area contributed by atoms with Crippen molar-refractivity contribution < 1.29 is 31.8 Å². The minimum atomic E-state index is -2.22. The zero-order valence-electron chi connectivity index (χ0n) is 9.02. The minimum absolute atomic E-state index is 0.0967. The number of ether oxygens (including phenoxy) is 1. The molecule has 0 radical (unpaired) electrons. The van der Waals surface area contributed by atoms with Crippen LogP contribution in [0, 0.1) is 29.1 Å². The van der Waals surface area contributed by atoms with Gasteiger partial charge in [-0.1, -0.05) is 0 Å². The van der Waals surface area contributed by atoms with E-state index >= 15 is 0 Å². The van der Waals surface area contributed by atoms with Crippen molar-refractivity contribution in [2.24, 2.45) is 0 Å². The largest absolute Gasteiger partial charge is 0.484 e. The summed E-state index contributed by atoms with van der Waals surface area (Å²) < 4.78 is 69.7. The number of aliphatic hydroxyl groups excluding tert-OH is 1. The van der Waals surface area contributed by atoms with Crippen molar-refractivity contribution in [1.82, 2.24) is 0 Å². The number of benzene rings is 1. The first kappa shape index (κ1) is 13.1. The summed E-state index contributed by atoms with van der Waals surface area (Å²) in [6.45, 7) is 0. The van der Waals surface area contributed by atoms with Crippen LogP contribution in [0.3, 0.4) is 0 Å². The lowest BCUT2D eigenvalue weighted by atomic mass is 10.2. The van der Waals surface area contributed by atoms with Crippen LogP contribution < -0.4 is 4.74 Å². The topological polar surface area (TPSA) is 29.5 Å². The van der Waals surface area contributed by atoms with Gasteiger partial charge in [0.15, 0.2) is 5.75 Å². The molecule has 1 aliphatic carbocycles. The predicted octanol–water partition coefficient (Wildman–Crippen LogP) is 2.67. The third-order valence-electron chi connectivity index (χ3n) is 2.81. The highest BCUT2D eigenvalue weighted by molar-refractivity contribution is 5.30. The van der Waals surface area contributed by atoms with Crippen LogP contribution in [-0.4, -0.2) is 17.3 Å². The van der Waals surface area contributed by atoms with Crippen LogP contribution >= 0.6 is 0 Å². The molecule has 2 rings (SSSR count). The van der Waals surface area contributed by atoms with Gasteiger partial charge in [0.25, 0.3) is 0 Å². The Kier molecular flexibility index (Phi) is 3.43. The van der Waals surface area contributed by atoms with Crippen LogP contribution in [0.25, 0.3) is 0 Å². The smallest absolute Gasteiger partial charge is 0.207 e. The zero-order valence-corrected chi connectivity index (χ0v) is 9.02. The summed E-state index contributed by atoms with van der Waals surface area (Å²) in [6, 6.07) is 0. The van der Waals surface area contributed by atoms with Crippen LogP contribution in [0.5, 0.6) is 5.75 Å². The fraction of sp³-hybridized carbons (Fsp3) is 0.455. The Bertz CT molecular complexity index is 448. The van der Waals surface area contributed by atoms with Crippen LogP contribution in [0.2, 0.25) is 0 Å². The van der Waals surface area contributed by atoms with Gasteiger partial charge in [-0.3, -0.25) is 0 Å². The molecule has 0 saturated heterocycles. The van der Waals surface area contributed by atoms with Gasteiger partial charge in [-0.2, -0.15) is 8.78 Å². The van der Waals surface area contributed by atoms with E-state index in [4.69, 9.17) is 4.74 Å². The van der Waals surface area contributed by atoms with Gasteiger partial charge in [-0.05, 0) is 12.8 Å². The molecule has 1 saturated carbocycles. The molecule has 1 fully saturated rings. The van der Waals surface area contributed by atoms with Crippen LogP contribution in [0.4, 0.5) is 22.0 Å². The maximum atomic E-state index is 13.2. The molecular formula is C11H9F5O2. The standard InChI is InChI=1S/C11H9F5O2/c12-6-7(13)9(15)11(10(16)8(6)14)18-5-2-1-4(17)3-5/h4-5,17H,1-3H2. The van der Waals surface area contributed by atoms with E-state index in [9.17, 15) is 27.1 Å². The number of rotatable bonds is 2. The number of hydrogen-bond donors (Lipinski definition) is 1. The number of aliphatic hydroxyl groups is 1. The van der Waals surface area contributed by atoms with Gasteiger partial charge in [-0.25, -0.2) is 13.2 Å². The summed E-state index contributed by atoms with van der Waals surface area (Å²) in [5.41, 5.74) is 0. The van der Waals surface area contributed by atoms with Crippen LogP contribution in [0.1, 0.15) is 19.3 Å². The van der Waals surface area contributed by atoms with Gasteiger partial charge in [0.2, 0.25) is 29.1 Å². The number of halogens is 5. The van der Waals surface area contributed by atoms with E-state index in [1.165, 1.54) is 0 Å². The average Bonchev–Trinajstić information content (AvgIpc) is 2.75. The van der Waals surface area contributed by atoms with Gasteiger partial charge < -0.3 is 9.84 Å². The lowest BCUT2D eigenvalue weighted by Crippen LogP contribution is -2.17. The summed E-state index contributed by atoms with van der Waals surface area (Å²) in [7, 11) is 0. The molecule has 0 spiro atoms. The molecule has 2 unspecified atom stereocenters. The quantitative estimate of drug-likeness (QED) is 0.507. The summed E-state index contributed by atoms with van der Waals surface area (Å²) in [5.74, 6) is -11.6. The van der Waals surface area contributed by atoms with E-state index in [-0.39, 0.29) is 6.42 Å². The first-order valence-electron chi connectivity index (χ1n) is 5.28. The average molecular weight is 268 g/mol. The Morgan fingerprint density at radius 2 is 1.33 bits per heavy atom. The molecule has 1 aromatic rings. The van der Waals surface area contributed by atoms with Gasteiger partial charge in [0.05, 0.1) is 6.10 Å². The maximum absolute atomic E-state index is 13.2. The predicted molar refractivity (Wildman–Crippen MR) is 50.5 cm³/mol. The highest BCUT2D eigenvalue weighted by atomic mass is 19.2. The molecule has 0 aliphatic heterocycles. The molecule has 1 N–H and O–H groups in total. The normalized spacial score (nSPS) is 23.4. The molecule has 18 heavy (non-hydrogen) atoms. The highest BCUT2D eigenvalue weighted by Gasteiger charge is 2.31. The second-order valence-electron chi connectivity index (χ2n) is 4.11. The fourth-order valence-electron chi connectivity index (χ4n) is 1.88. The zero-order chi connectivity index (χ0) is 13.4. The molecule has 100 valence electrons. The van der Waals surface area contributed by atoms with E-state index in [0.29, 0.717) is 12.8 Å². The van der Waals surface area contributed by atoms with Crippen molar-refractivity contribution in [3.63, 3.8) is 0 Å². The van der Waals surface area contributed by atoms with E-state index in [2.05, 4.69) is 0 Å². The second kappa shape index (κ2) is 4.72. The lowest BCUT2D eigenvalue weighted by Gasteiger charge is -2.15. The van der Waals surface area contributed by atoms with Gasteiger partial charge in [-0.15, -0.1) is 0 Å². The maximum Gasteiger partial charge on any atom is 0.207 e. The molecule has 7 heteroatoms. The third-order valence-corrected chi connectivity index (χ3v) is 2.81. The summed E-state index contributed by atoms with van der Waals surface area (Å²) in [5, 5.41) is 9.19. The lowest BCUT2D eigenvalue weighted by molar-refractivity contribution is 0.140. The van der Waals surface area contributed by atoms with Gasteiger partial charge in [0.1, 0.15) is 6.10 Å². The Morgan fingerprint density at radius 3 is 1.78 bits per heavy atom. The molecule has 1 aliphatic rings. The first-order chi connectivity index (χ1) is 8.41. The summed E-state index contributed by atoms with van der Waals surface area (Å²) in [4.78, 5) is 0. The van der Waals surface area contributed by atoms with Crippen molar-refractivity contribution >= 4 is 0 Å². The number of hydrogen-bond acceptors (Lipinski definition) is 2. The van der Waals surface area contributed by atoms with Crippen molar-refractivity contribution in [2.45, 2.75) is 31.5 Å². The van der Waals surface area contributed by atoms with E-state index in [0.717, 1.165) is 0 Å². The Balaban J connectivity index is 2.33. The first-order valence-corrected chi connectivity index (χ1v) is 5.28. The van der Waals surface area contributed by atoms with Crippen LogP contribution in [0.15, 0.2) is 0 Å².